The summed E-state index contributed by atoms with van der Waals surface area (Å²) in [5.41, 5.74) is 0. The third kappa shape index (κ3) is 4.56. The summed E-state index contributed by atoms with van der Waals surface area (Å²) in [5, 5.41) is 0. The Kier molecular flexibility index (Phi) is 4.65. The fourth-order valence-corrected chi connectivity index (χ4v) is 2.81. The van der Waals surface area contributed by atoms with E-state index < -0.39 is 6.84 Å². The van der Waals surface area contributed by atoms with E-state index in [0.717, 1.165) is 0 Å². The molecule has 0 N–H and O–H groups in total. The summed E-state index contributed by atoms with van der Waals surface area (Å²) >= 11 is 5.27. The van der Waals surface area contributed by atoms with Crippen LogP contribution in [-0.4, -0.2) is 16.9 Å². The summed E-state index contributed by atoms with van der Waals surface area (Å²) in [7, 11) is 0.0230. The van der Waals surface area contributed by atoms with E-state index in [1.165, 1.54) is 12.5 Å². The van der Waals surface area contributed by atoms with E-state index in [9.17, 15) is 9.36 Å². The lowest BCUT2D eigenvalue weighted by atomic mass is 10.3. The van der Waals surface area contributed by atoms with Crippen LogP contribution in [0.15, 0.2) is 16.9 Å². The lowest BCUT2D eigenvalue weighted by Gasteiger charge is -1.94. The second kappa shape index (κ2) is 5.54. The quantitative estimate of drug-likeness (QED) is 0.738. The minimum Gasteiger partial charge on any atom is -0.449 e. The average molecular weight is 240 g/mol. The molecule has 0 aliphatic carbocycles. The molecule has 1 aromatic rings. The number of halogens is 1. The Morgan fingerprint density at radius 2 is 2.54 bits per heavy atom. The van der Waals surface area contributed by atoms with Crippen LogP contribution in [0.25, 0.3) is 0 Å². The molecule has 0 aliphatic rings. The Labute approximate surface area is 82.3 Å². The second-order valence-electron chi connectivity index (χ2n) is 2.27. The largest absolute Gasteiger partial charge is 0.449 e. The van der Waals surface area contributed by atoms with Crippen LogP contribution in [0.3, 0.4) is 0 Å². The Morgan fingerprint density at radius 3 is 3.08 bits per heavy atom. The molecule has 0 aromatic carbocycles. The first kappa shape index (κ1) is 10.9. The van der Waals surface area contributed by atoms with Crippen molar-refractivity contribution in [3.05, 3.63) is 18.4 Å². The highest BCUT2D eigenvalue weighted by molar-refractivity contribution is 8.27. The zero-order chi connectivity index (χ0) is 9.68. The predicted octanol–water partition coefficient (Wildman–Crippen LogP) is 2.09. The van der Waals surface area contributed by atoms with Crippen molar-refractivity contribution in [1.29, 1.82) is 0 Å². The first-order valence-electron chi connectivity index (χ1n) is 3.52. The second-order valence-corrected chi connectivity index (χ2v) is 7.93. The molecule has 13 heavy (non-hydrogen) atoms. The maximum atomic E-state index is 11.1. The van der Waals surface area contributed by atoms with Crippen molar-refractivity contribution >= 4 is 32.1 Å². The van der Waals surface area contributed by atoms with Gasteiger partial charge in [0.25, 0.3) is 0 Å². The molecule has 4 nitrogen and oxygen atoms in total. The van der Waals surface area contributed by atoms with E-state index in [4.69, 9.17) is 15.7 Å². The monoisotopic (exact) mass is 239 g/mol. The number of nitrogens with zero attached hydrogens (tertiary/aromatic N) is 1. The van der Waals surface area contributed by atoms with Gasteiger partial charge in [0.15, 0.2) is 6.84 Å². The molecule has 0 radical (unpaired) electrons. The number of Topliss-reactive ketones (excluding diaryl/α,β-unsaturated/α-hetero) is 1. The zero-order valence-corrected chi connectivity index (χ0v) is 9.37. The molecule has 0 aliphatic heterocycles. The van der Waals surface area contributed by atoms with Crippen molar-refractivity contribution in [1.82, 2.24) is 4.98 Å². The van der Waals surface area contributed by atoms with E-state index >= 15 is 0 Å². The first-order valence-corrected chi connectivity index (χ1v) is 8.14. The lowest BCUT2D eigenvalue weighted by molar-refractivity contribution is -0.116. The molecule has 0 spiro atoms. The molecule has 7 heteroatoms. The SMILES string of the molecule is O=C(CP[PH](=O)Cl)Cc1ncco1. The van der Waals surface area contributed by atoms with Gasteiger partial charge in [0.1, 0.15) is 12.0 Å². The van der Waals surface area contributed by atoms with E-state index in [2.05, 4.69) is 4.98 Å². The Hall–Kier alpha value is -0.170. The highest BCUT2D eigenvalue weighted by Crippen LogP contribution is 2.48. The van der Waals surface area contributed by atoms with Crippen molar-refractivity contribution in [2.24, 2.45) is 0 Å². The molecule has 0 saturated carbocycles. The third-order valence-electron chi connectivity index (χ3n) is 1.26. The highest BCUT2D eigenvalue weighted by atomic mass is 35.7. The van der Waals surface area contributed by atoms with E-state index in [1.807, 2.05) is 0 Å². The first-order chi connectivity index (χ1) is 6.18. The van der Waals surface area contributed by atoms with Gasteiger partial charge in [-0.1, -0.05) is 11.2 Å². The van der Waals surface area contributed by atoms with Crippen LogP contribution in [0.5, 0.6) is 0 Å². The van der Waals surface area contributed by atoms with Gasteiger partial charge in [0, 0.05) is 6.16 Å². The molecule has 0 bridgehead atoms. The van der Waals surface area contributed by atoms with Crippen molar-refractivity contribution < 1.29 is 13.8 Å². The van der Waals surface area contributed by atoms with Crippen LogP contribution in [0, 0.1) is 0 Å². The van der Waals surface area contributed by atoms with Gasteiger partial charge in [-0.15, -0.1) is 0 Å². The number of hydrogen-bond donors (Lipinski definition) is 0. The molecule has 1 aromatic heterocycles. The minimum absolute atomic E-state index is 0.0230. The average Bonchev–Trinajstić information content (AvgIpc) is 2.53. The topological polar surface area (TPSA) is 60.2 Å². The van der Waals surface area contributed by atoms with Crippen molar-refractivity contribution in [3.63, 3.8) is 0 Å². The fraction of sp³-hybridized carbons (Fsp3) is 0.333. The number of carbonyl (C=O) groups is 1. The molecular weight excluding hydrogens is 231 g/mol. The highest BCUT2D eigenvalue weighted by Gasteiger charge is 2.07. The van der Waals surface area contributed by atoms with Gasteiger partial charge in [-0.05, 0) is 8.27 Å². The van der Waals surface area contributed by atoms with E-state index in [-0.39, 0.29) is 26.6 Å². The van der Waals surface area contributed by atoms with Gasteiger partial charge in [0.2, 0.25) is 5.89 Å². The van der Waals surface area contributed by atoms with E-state index in [0.29, 0.717) is 5.89 Å². The fourth-order valence-electron chi connectivity index (χ4n) is 0.740. The summed E-state index contributed by atoms with van der Waals surface area (Å²) in [6.45, 7) is -2.03. The van der Waals surface area contributed by atoms with Crippen LogP contribution in [0.1, 0.15) is 5.89 Å². The number of oxazole rings is 1. The zero-order valence-electron chi connectivity index (χ0n) is 6.62. The van der Waals surface area contributed by atoms with Crippen molar-refractivity contribution in [2.45, 2.75) is 6.42 Å². The Bertz CT molecular complexity index is 301. The van der Waals surface area contributed by atoms with Crippen molar-refractivity contribution in [3.8, 4) is 0 Å². The molecule has 2 atom stereocenters. The standard InChI is InChI=1S/C6H8ClNO3P2/c7-13(10)12-4-5(9)3-6-8-1-2-11-6/h1-2,12-13H,3-4H2. The normalized spacial score (nSPS) is 13.6. The lowest BCUT2D eigenvalue weighted by Crippen LogP contribution is -2.04. The van der Waals surface area contributed by atoms with Gasteiger partial charge in [-0.2, -0.15) is 0 Å². The molecular formula is C6H8ClNO3P2. The molecule has 0 amide bonds. The van der Waals surface area contributed by atoms with Gasteiger partial charge in [0.05, 0.1) is 12.6 Å². The Morgan fingerprint density at radius 1 is 1.77 bits per heavy atom. The maximum absolute atomic E-state index is 11.1. The van der Waals surface area contributed by atoms with E-state index in [1.54, 1.807) is 0 Å². The summed E-state index contributed by atoms with van der Waals surface area (Å²) in [5.74, 6) is 0.351. The van der Waals surface area contributed by atoms with Crippen LogP contribution >= 0.6 is 26.4 Å². The van der Waals surface area contributed by atoms with Crippen LogP contribution in [-0.2, 0) is 15.8 Å². The summed E-state index contributed by atoms with van der Waals surface area (Å²) in [6.07, 6.45) is 3.31. The summed E-state index contributed by atoms with van der Waals surface area (Å²) in [4.78, 5) is 14.9. The van der Waals surface area contributed by atoms with Crippen LogP contribution in [0.4, 0.5) is 0 Å². The molecule has 1 rings (SSSR count). The Balaban J connectivity index is 2.30. The molecule has 72 valence electrons. The number of rotatable bonds is 5. The molecule has 2 unspecified atom stereocenters. The number of hydrogen-bond acceptors (Lipinski definition) is 4. The predicted molar refractivity (Wildman–Crippen MR) is 53.3 cm³/mol. The smallest absolute Gasteiger partial charge is 0.201 e. The third-order valence-corrected chi connectivity index (χ3v) is 4.67. The molecule has 1 heterocycles. The van der Waals surface area contributed by atoms with Gasteiger partial charge in [-0.25, -0.2) is 4.98 Å². The van der Waals surface area contributed by atoms with Gasteiger partial charge in [-0.3, -0.25) is 4.79 Å². The summed E-state index contributed by atoms with van der Waals surface area (Å²) < 4.78 is 15.4. The minimum atomic E-state index is -2.03. The molecule has 0 saturated heterocycles. The number of ketones is 1. The van der Waals surface area contributed by atoms with Crippen LogP contribution < -0.4 is 0 Å². The van der Waals surface area contributed by atoms with Gasteiger partial charge < -0.3 is 8.98 Å². The number of aromatic nitrogens is 1. The number of carbonyl (C=O) groups excluding carboxylic acids is 1. The molecule has 0 fully saturated rings. The summed E-state index contributed by atoms with van der Waals surface area (Å²) in [6, 6.07) is 0. The van der Waals surface area contributed by atoms with Crippen LogP contribution in [0.2, 0.25) is 0 Å². The van der Waals surface area contributed by atoms with Gasteiger partial charge >= 0.3 is 0 Å². The maximum Gasteiger partial charge on any atom is 0.201 e. The van der Waals surface area contributed by atoms with Crippen molar-refractivity contribution in [2.75, 3.05) is 6.16 Å².